The van der Waals surface area contributed by atoms with Gasteiger partial charge in [0.15, 0.2) is 5.78 Å². The van der Waals surface area contributed by atoms with E-state index in [1.165, 1.54) is 10.3 Å². The van der Waals surface area contributed by atoms with Gasteiger partial charge in [0.1, 0.15) is 5.75 Å². The fourth-order valence-electron chi connectivity index (χ4n) is 3.75. The van der Waals surface area contributed by atoms with E-state index in [9.17, 15) is 9.59 Å². The van der Waals surface area contributed by atoms with Gasteiger partial charge in [0.2, 0.25) is 0 Å². The van der Waals surface area contributed by atoms with Crippen LogP contribution in [0.25, 0.3) is 0 Å². The lowest BCUT2D eigenvalue weighted by molar-refractivity contribution is -0.137. The molecular weight excluding hydrogens is 404 g/mol. The number of aryl methyl sites for hydroxylation is 1. The van der Waals surface area contributed by atoms with E-state index in [0.717, 1.165) is 65.2 Å². The van der Waals surface area contributed by atoms with Gasteiger partial charge < -0.3 is 9.47 Å². The molecule has 3 rings (SSSR count). The maximum atomic E-state index is 13.1. The number of fused-ring (bicyclic) bond motifs is 1. The predicted molar refractivity (Wildman–Crippen MR) is 121 cm³/mol. The smallest absolute Gasteiger partial charge is 0.330 e. The average molecular weight is 433 g/mol. The summed E-state index contributed by atoms with van der Waals surface area (Å²) in [5.41, 5.74) is 3.89. The van der Waals surface area contributed by atoms with E-state index in [4.69, 9.17) is 9.47 Å². The monoisotopic (exact) mass is 432 g/mol. The van der Waals surface area contributed by atoms with Gasteiger partial charge in [-0.1, -0.05) is 19.6 Å². The Bertz CT molecular complexity index is 820. The number of rotatable bonds is 9. The van der Waals surface area contributed by atoms with Gasteiger partial charge in [-0.25, -0.2) is 4.79 Å². The Labute approximate surface area is 181 Å². The molecule has 1 aliphatic carbocycles. The first-order valence-electron chi connectivity index (χ1n) is 10.1. The van der Waals surface area contributed by atoms with Crippen molar-refractivity contribution in [1.82, 2.24) is 0 Å². The molecule has 1 saturated heterocycles. The van der Waals surface area contributed by atoms with Crippen molar-refractivity contribution in [1.29, 1.82) is 0 Å². The number of hydrogen-bond acceptors (Lipinski definition) is 6. The van der Waals surface area contributed by atoms with E-state index in [0.29, 0.717) is 13.2 Å². The third kappa shape index (κ3) is 5.10. The number of ether oxygens (including phenoxy) is 2. The van der Waals surface area contributed by atoms with Crippen LogP contribution >= 0.6 is 23.5 Å². The van der Waals surface area contributed by atoms with Crippen molar-refractivity contribution in [2.45, 2.75) is 45.4 Å². The lowest BCUT2D eigenvalue weighted by Crippen LogP contribution is -2.04. The number of esters is 1. The minimum atomic E-state index is -0.367. The molecule has 6 heteroatoms. The Morgan fingerprint density at radius 2 is 1.86 bits per heavy atom. The highest BCUT2D eigenvalue weighted by Crippen LogP contribution is 2.50. The minimum absolute atomic E-state index is 0.0834. The number of thioether (sulfide) groups is 2. The maximum absolute atomic E-state index is 13.1. The zero-order chi connectivity index (χ0) is 20.8. The summed E-state index contributed by atoms with van der Waals surface area (Å²) < 4.78 is 12.3. The average Bonchev–Trinajstić information content (AvgIpc) is 3.32. The summed E-state index contributed by atoms with van der Waals surface area (Å²) in [7, 11) is 0. The highest BCUT2D eigenvalue weighted by atomic mass is 32.2. The lowest BCUT2D eigenvalue weighted by atomic mass is 9.98. The Kier molecular flexibility index (Phi) is 7.90. The van der Waals surface area contributed by atoms with Crippen molar-refractivity contribution in [2.24, 2.45) is 0 Å². The molecule has 0 bridgehead atoms. The molecule has 1 unspecified atom stereocenters. The van der Waals surface area contributed by atoms with Gasteiger partial charge in [-0.2, -0.15) is 0 Å². The zero-order valence-electron chi connectivity index (χ0n) is 17.1. The molecule has 0 aromatic heterocycles. The van der Waals surface area contributed by atoms with Crippen molar-refractivity contribution in [3.63, 3.8) is 0 Å². The Morgan fingerprint density at radius 1 is 1.17 bits per heavy atom. The van der Waals surface area contributed by atoms with E-state index in [-0.39, 0.29) is 17.7 Å². The molecule has 4 nitrogen and oxygen atoms in total. The molecule has 29 heavy (non-hydrogen) atoms. The van der Waals surface area contributed by atoms with Crippen LogP contribution < -0.4 is 4.74 Å². The summed E-state index contributed by atoms with van der Waals surface area (Å²) in [6.45, 7) is 8.57. The van der Waals surface area contributed by atoms with Crippen molar-refractivity contribution < 1.29 is 19.1 Å². The fraction of sp³-hybridized carbons (Fsp3) is 0.478. The molecule has 1 aliphatic heterocycles. The number of carbonyl (C=O) groups is 2. The van der Waals surface area contributed by atoms with Gasteiger partial charge in [-0.05, 0) is 44.2 Å². The third-order valence-electron chi connectivity index (χ3n) is 5.23. The number of unbranched alkanes of at least 4 members (excludes halogenated alkanes) is 3. The highest BCUT2D eigenvalue weighted by Gasteiger charge is 2.38. The normalized spacial score (nSPS) is 18.1. The first kappa shape index (κ1) is 22.0. The van der Waals surface area contributed by atoms with Gasteiger partial charge >= 0.3 is 5.97 Å². The predicted octanol–water partition coefficient (Wildman–Crippen LogP) is 5.65. The minimum Gasteiger partial charge on any atom is -0.493 e. The zero-order valence-corrected chi connectivity index (χ0v) is 18.8. The largest absolute Gasteiger partial charge is 0.493 e. The number of allylic oxidation sites excluding steroid dienone is 1. The van der Waals surface area contributed by atoms with Crippen LogP contribution in [0, 0.1) is 6.92 Å². The van der Waals surface area contributed by atoms with E-state index < -0.39 is 0 Å². The number of hydrogen-bond donors (Lipinski definition) is 0. The summed E-state index contributed by atoms with van der Waals surface area (Å²) in [6, 6.07) is 4.00. The van der Waals surface area contributed by atoms with Crippen LogP contribution in [-0.2, 0) is 9.53 Å². The number of ketones is 1. The van der Waals surface area contributed by atoms with Crippen LogP contribution in [0.3, 0.4) is 0 Å². The Morgan fingerprint density at radius 3 is 2.55 bits per heavy atom. The summed E-state index contributed by atoms with van der Waals surface area (Å²) in [4.78, 5) is 24.1. The Hall–Kier alpha value is -1.66. The molecular formula is C23H28O4S2. The SMILES string of the molecule is C=CC(=O)OCCCCCCOc1ccc(C)c2c1C(C)C(=C1SCCS1)C2=O. The molecule has 1 atom stereocenters. The van der Waals surface area contributed by atoms with Gasteiger partial charge in [0.05, 0.1) is 13.2 Å². The van der Waals surface area contributed by atoms with Crippen LogP contribution in [-0.4, -0.2) is 36.5 Å². The molecule has 1 aromatic carbocycles. The quantitative estimate of drug-likeness (QED) is 0.285. The van der Waals surface area contributed by atoms with Crippen molar-refractivity contribution in [2.75, 3.05) is 24.7 Å². The number of benzene rings is 1. The topological polar surface area (TPSA) is 52.6 Å². The van der Waals surface area contributed by atoms with E-state index in [1.54, 1.807) is 0 Å². The van der Waals surface area contributed by atoms with E-state index >= 15 is 0 Å². The number of carbonyl (C=O) groups excluding carboxylic acids is 2. The molecule has 1 heterocycles. The molecule has 0 amide bonds. The van der Waals surface area contributed by atoms with Gasteiger partial charge in [-0.15, -0.1) is 23.5 Å². The second kappa shape index (κ2) is 10.4. The summed E-state index contributed by atoms with van der Waals surface area (Å²) in [5.74, 6) is 2.90. The molecule has 0 N–H and O–H groups in total. The van der Waals surface area contributed by atoms with Crippen LogP contribution in [0.5, 0.6) is 5.75 Å². The molecule has 1 aromatic rings. The Balaban J connectivity index is 1.56. The second-order valence-electron chi connectivity index (χ2n) is 7.25. The van der Waals surface area contributed by atoms with Gasteiger partial charge in [0.25, 0.3) is 0 Å². The summed E-state index contributed by atoms with van der Waals surface area (Å²) >= 11 is 3.62. The van der Waals surface area contributed by atoms with E-state index in [1.807, 2.05) is 42.6 Å². The van der Waals surface area contributed by atoms with Crippen molar-refractivity contribution >= 4 is 35.3 Å². The molecule has 0 radical (unpaired) electrons. The van der Waals surface area contributed by atoms with Crippen molar-refractivity contribution in [3.05, 3.63) is 51.3 Å². The van der Waals surface area contributed by atoms with Crippen LogP contribution in [0.1, 0.15) is 60.0 Å². The first-order chi connectivity index (χ1) is 14.0. The fourth-order valence-corrected chi connectivity index (χ4v) is 6.47. The third-order valence-corrected chi connectivity index (χ3v) is 7.97. The molecule has 0 spiro atoms. The first-order valence-corrected chi connectivity index (χ1v) is 12.1. The number of Topliss-reactive ketones (excluding diaryl/α,β-unsaturated/α-hetero) is 1. The maximum Gasteiger partial charge on any atom is 0.330 e. The van der Waals surface area contributed by atoms with E-state index in [2.05, 4.69) is 13.5 Å². The highest BCUT2D eigenvalue weighted by molar-refractivity contribution is 8.25. The van der Waals surface area contributed by atoms with Crippen molar-refractivity contribution in [3.8, 4) is 5.75 Å². The van der Waals surface area contributed by atoms with Crippen LogP contribution in [0.15, 0.2) is 34.6 Å². The van der Waals surface area contributed by atoms with Crippen LogP contribution in [0.2, 0.25) is 0 Å². The molecule has 2 aliphatic rings. The van der Waals surface area contributed by atoms with Crippen LogP contribution in [0.4, 0.5) is 0 Å². The van der Waals surface area contributed by atoms with Gasteiger partial charge in [-0.3, -0.25) is 4.79 Å². The summed E-state index contributed by atoms with van der Waals surface area (Å²) in [6.07, 6.45) is 4.96. The standard InChI is InChI=1S/C23H28O4S2/c1-4-18(24)27-12-8-6-5-7-11-26-17-10-9-15(2)19-20(17)16(3)21(22(19)25)23-28-13-14-29-23/h4,9-10,16H,1,5-8,11-14H2,2-3H3. The molecule has 156 valence electrons. The molecule has 0 saturated carbocycles. The van der Waals surface area contributed by atoms with Gasteiger partial charge in [0, 0.05) is 44.4 Å². The molecule has 1 fully saturated rings. The lowest BCUT2D eigenvalue weighted by Gasteiger charge is -2.15. The second-order valence-corrected chi connectivity index (χ2v) is 9.72. The summed E-state index contributed by atoms with van der Waals surface area (Å²) in [5, 5.41) is 0.